The van der Waals surface area contributed by atoms with Crippen LogP contribution in [0.5, 0.6) is 0 Å². The maximum Gasteiger partial charge on any atom is 0.446 e. The molecule has 0 saturated carbocycles. The summed E-state index contributed by atoms with van der Waals surface area (Å²) in [5.41, 5.74) is -4.44. The van der Waals surface area contributed by atoms with Gasteiger partial charge in [0.2, 0.25) is 15.9 Å². The molecule has 24 heavy (non-hydrogen) atoms. The molecule has 1 fully saturated rings. The Morgan fingerprint density at radius 1 is 1.25 bits per heavy atom. The van der Waals surface area contributed by atoms with Crippen molar-refractivity contribution >= 4 is 27.7 Å². The molecule has 1 aromatic rings. The minimum absolute atomic E-state index is 0.0988. The van der Waals surface area contributed by atoms with Gasteiger partial charge in [0.25, 0.3) is 0 Å². The normalized spacial score (nSPS) is 20.2. The average molecular weight is 382 g/mol. The predicted octanol–water partition coefficient (Wildman–Crippen LogP) is 2.44. The molecule has 134 valence electrons. The lowest BCUT2D eigenvalue weighted by atomic mass is 10.0. The van der Waals surface area contributed by atoms with Crippen molar-refractivity contribution in [1.29, 1.82) is 0 Å². The largest absolute Gasteiger partial charge is 0.446 e. The number of nitrogens with one attached hydrogen (secondary N) is 1. The lowest BCUT2D eigenvalue weighted by Gasteiger charge is -2.36. The van der Waals surface area contributed by atoms with Gasteiger partial charge in [-0.15, -0.1) is 0 Å². The third-order valence-corrected chi connectivity index (χ3v) is 6.14. The molecule has 0 radical (unpaired) electrons. The van der Waals surface area contributed by atoms with Gasteiger partial charge < -0.3 is 5.32 Å². The molecule has 1 N–H and O–H groups in total. The first-order chi connectivity index (χ1) is 11.0. The maximum absolute atomic E-state index is 12.8. The quantitative estimate of drug-likeness (QED) is 0.813. The first-order valence-electron chi connectivity index (χ1n) is 7.18. The van der Waals surface area contributed by atoms with Gasteiger partial charge in [0.1, 0.15) is 6.04 Å². The number of thioether (sulfide) groups is 1. The lowest BCUT2D eigenvalue weighted by Crippen LogP contribution is -2.58. The van der Waals surface area contributed by atoms with E-state index in [0.717, 1.165) is 28.6 Å². The Balaban J connectivity index is 2.30. The van der Waals surface area contributed by atoms with Gasteiger partial charge in [0.05, 0.1) is 4.90 Å². The van der Waals surface area contributed by atoms with Crippen molar-refractivity contribution < 1.29 is 26.4 Å². The topological polar surface area (TPSA) is 66.5 Å². The molecule has 0 aromatic heterocycles. The number of sulfonamides is 1. The van der Waals surface area contributed by atoms with Crippen LogP contribution in [0.25, 0.3) is 0 Å². The molecule has 5 nitrogen and oxygen atoms in total. The molecule has 0 bridgehead atoms. The number of hydrogen-bond acceptors (Lipinski definition) is 4. The molecule has 1 heterocycles. The Morgan fingerprint density at radius 2 is 1.83 bits per heavy atom. The average Bonchev–Trinajstić information content (AvgIpc) is 2.45. The number of alkyl halides is 3. The first-order valence-corrected chi connectivity index (χ1v) is 9.43. The summed E-state index contributed by atoms with van der Waals surface area (Å²) < 4.78 is 63.7. The third-order valence-electron chi connectivity index (χ3n) is 3.51. The fourth-order valence-corrected chi connectivity index (χ4v) is 4.78. The molecule has 1 unspecified atom stereocenters. The van der Waals surface area contributed by atoms with Crippen LogP contribution in [-0.2, 0) is 14.8 Å². The fourth-order valence-electron chi connectivity index (χ4n) is 2.52. The monoisotopic (exact) mass is 382 g/mol. The highest BCUT2D eigenvalue weighted by atomic mass is 32.2. The Labute approximate surface area is 142 Å². The highest BCUT2D eigenvalue weighted by Crippen LogP contribution is 2.37. The van der Waals surface area contributed by atoms with E-state index in [-0.39, 0.29) is 46.5 Å². The van der Waals surface area contributed by atoms with Crippen LogP contribution in [0.1, 0.15) is 13.8 Å². The van der Waals surface area contributed by atoms with Crippen LogP contribution >= 0.6 is 11.8 Å². The zero-order valence-electron chi connectivity index (χ0n) is 13.0. The van der Waals surface area contributed by atoms with Crippen LogP contribution in [0, 0.1) is 5.92 Å². The number of benzene rings is 1. The summed E-state index contributed by atoms with van der Waals surface area (Å²) in [6.07, 6.45) is 0. The summed E-state index contributed by atoms with van der Waals surface area (Å²) in [4.78, 5) is 11.8. The minimum Gasteiger partial charge on any atom is -0.353 e. The molecule has 1 aromatic carbocycles. The van der Waals surface area contributed by atoms with Crippen LogP contribution in [0.4, 0.5) is 13.2 Å². The van der Waals surface area contributed by atoms with E-state index >= 15 is 0 Å². The number of rotatable bonds is 4. The van der Waals surface area contributed by atoms with E-state index in [1.807, 2.05) is 0 Å². The summed E-state index contributed by atoms with van der Waals surface area (Å²) in [7, 11) is -3.97. The summed E-state index contributed by atoms with van der Waals surface area (Å²) >= 11 is -0.311. The van der Waals surface area contributed by atoms with Crippen LogP contribution in [0.2, 0.25) is 0 Å². The zero-order valence-corrected chi connectivity index (χ0v) is 14.6. The molecule has 10 heteroatoms. The number of amides is 1. The van der Waals surface area contributed by atoms with Crippen molar-refractivity contribution in [3.05, 3.63) is 24.3 Å². The number of halogens is 3. The number of hydrogen-bond donors (Lipinski definition) is 1. The summed E-state index contributed by atoms with van der Waals surface area (Å²) in [5, 5.41) is 2.63. The van der Waals surface area contributed by atoms with Crippen molar-refractivity contribution in [2.45, 2.75) is 35.2 Å². The molecular weight excluding hydrogens is 365 g/mol. The minimum atomic E-state index is -4.44. The summed E-state index contributed by atoms with van der Waals surface area (Å²) in [5.74, 6) is -0.607. The van der Waals surface area contributed by atoms with E-state index in [1.165, 1.54) is 0 Å². The molecule has 1 saturated heterocycles. The molecule has 1 aliphatic rings. The highest BCUT2D eigenvalue weighted by molar-refractivity contribution is 8.00. The summed E-state index contributed by atoms with van der Waals surface area (Å²) in [6, 6.07) is 3.65. The van der Waals surface area contributed by atoms with Gasteiger partial charge in [-0.2, -0.15) is 17.5 Å². The van der Waals surface area contributed by atoms with Crippen LogP contribution in [-0.4, -0.2) is 43.3 Å². The highest BCUT2D eigenvalue weighted by Gasteiger charge is 2.40. The lowest BCUT2D eigenvalue weighted by molar-refractivity contribution is -0.128. The Hall–Kier alpha value is -1.26. The number of piperazine rings is 1. The van der Waals surface area contributed by atoms with E-state index < -0.39 is 21.6 Å². The van der Waals surface area contributed by atoms with Crippen LogP contribution in [0.15, 0.2) is 34.1 Å². The molecule has 0 aliphatic carbocycles. The fraction of sp³-hybridized carbons (Fsp3) is 0.500. The van der Waals surface area contributed by atoms with E-state index in [4.69, 9.17) is 0 Å². The van der Waals surface area contributed by atoms with E-state index in [9.17, 15) is 26.4 Å². The predicted molar refractivity (Wildman–Crippen MR) is 83.9 cm³/mol. The van der Waals surface area contributed by atoms with Crippen molar-refractivity contribution in [3.63, 3.8) is 0 Å². The molecule has 1 aliphatic heterocycles. The maximum atomic E-state index is 12.8. The number of carbonyl (C=O) groups is 1. The standard InChI is InChI=1S/C14H17F3N2O3S2/c1-9(2)12-13(20)18-7-8-19(12)24(21,22)11-5-3-10(4-6-11)23-14(15,16)17/h3-6,9,12H,7-8H2,1-2H3,(H,18,20). The van der Waals surface area contributed by atoms with Gasteiger partial charge in [0.15, 0.2) is 0 Å². The summed E-state index contributed by atoms with van der Waals surface area (Å²) in [6.45, 7) is 3.79. The van der Waals surface area contributed by atoms with Gasteiger partial charge in [-0.1, -0.05) is 13.8 Å². The number of nitrogens with zero attached hydrogens (tertiary/aromatic N) is 1. The first kappa shape index (κ1) is 19.1. The smallest absolute Gasteiger partial charge is 0.353 e. The van der Waals surface area contributed by atoms with E-state index in [2.05, 4.69) is 5.32 Å². The number of carbonyl (C=O) groups excluding carboxylic acids is 1. The molecule has 2 rings (SSSR count). The second kappa shape index (κ2) is 6.93. The Morgan fingerprint density at radius 3 is 2.33 bits per heavy atom. The molecule has 0 spiro atoms. The molecule has 1 atom stereocenters. The Bertz CT molecular complexity index is 703. The van der Waals surface area contributed by atoms with Crippen molar-refractivity contribution in [1.82, 2.24) is 9.62 Å². The Kier molecular flexibility index (Phi) is 5.50. The van der Waals surface area contributed by atoms with Gasteiger partial charge in [-0.25, -0.2) is 8.42 Å². The van der Waals surface area contributed by atoms with E-state index in [0.29, 0.717) is 0 Å². The van der Waals surface area contributed by atoms with Crippen molar-refractivity contribution in [2.24, 2.45) is 5.92 Å². The second-order valence-electron chi connectivity index (χ2n) is 5.61. The van der Waals surface area contributed by atoms with Crippen LogP contribution in [0.3, 0.4) is 0 Å². The molecule has 1 amide bonds. The SMILES string of the molecule is CC(C)C1C(=O)NCCN1S(=O)(=O)c1ccc(SC(F)(F)F)cc1. The van der Waals surface area contributed by atoms with Crippen LogP contribution < -0.4 is 5.32 Å². The van der Waals surface area contributed by atoms with Crippen molar-refractivity contribution in [3.8, 4) is 0 Å². The second-order valence-corrected chi connectivity index (χ2v) is 8.64. The molecular formula is C14H17F3N2O3S2. The zero-order chi connectivity index (χ0) is 18.1. The van der Waals surface area contributed by atoms with Gasteiger partial charge in [-0.05, 0) is 41.9 Å². The third kappa shape index (κ3) is 4.22. The van der Waals surface area contributed by atoms with Gasteiger partial charge in [-0.3, -0.25) is 4.79 Å². The van der Waals surface area contributed by atoms with Gasteiger partial charge >= 0.3 is 5.51 Å². The van der Waals surface area contributed by atoms with Gasteiger partial charge in [0, 0.05) is 18.0 Å². The van der Waals surface area contributed by atoms with E-state index in [1.54, 1.807) is 13.8 Å². The van der Waals surface area contributed by atoms with Crippen molar-refractivity contribution in [2.75, 3.05) is 13.1 Å².